The van der Waals surface area contributed by atoms with Crippen LogP contribution in [0.4, 0.5) is 11.4 Å². The van der Waals surface area contributed by atoms with Gasteiger partial charge in [0.15, 0.2) is 17.4 Å². The summed E-state index contributed by atoms with van der Waals surface area (Å²) in [5, 5.41) is 11.0. The van der Waals surface area contributed by atoms with Crippen molar-refractivity contribution >= 4 is 50.7 Å². The summed E-state index contributed by atoms with van der Waals surface area (Å²) in [6.45, 7) is 6.07. The van der Waals surface area contributed by atoms with Gasteiger partial charge in [-0.1, -0.05) is 13.8 Å². The quantitative estimate of drug-likeness (QED) is 0.545. The molecule has 2 aromatic rings. The molecule has 4 rings (SSSR count). The molecule has 0 radical (unpaired) electrons. The van der Waals surface area contributed by atoms with Crippen molar-refractivity contribution < 1.29 is 18.3 Å². The van der Waals surface area contributed by atoms with Crippen LogP contribution in [0.1, 0.15) is 39.3 Å². The summed E-state index contributed by atoms with van der Waals surface area (Å²) in [7, 11) is -3.40. The summed E-state index contributed by atoms with van der Waals surface area (Å²) in [4.78, 5) is 23.1. The zero-order chi connectivity index (χ0) is 23.3. The van der Waals surface area contributed by atoms with Crippen LogP contribution in [0.5, 0.6) is 0 Å². The fourth-order valence-electron chi connectivity index (χ4n) is 3.82. The first-order chi connectivity index (χ1) is 15.0. The number of benzene rings is 1. The maximum absolute atomic E-state index is 13.7. The van der Waals surface area contributed by atoms with Crippen LogP contribution in [0.15, 0.2) is 46.2 Å². The minimum atomic E-state index is -3.40. The SMILES string of the molecule is CC(C)CCC1(C)C(=O)C(C2=Nc3ccc(NS(C)(=O)=O)cc3SN2)=C(O)c2cncn21. The number of imidazole rings is 1. The highest BCUT2D eigenvalue weighted by Gasteiger charge is 2.45. The molecular formula is C21H25N5O4S2. The number of hydrogen-bond donors (Lipinski definition) is 3. The molecule has 0 spiro atoms. The lowest BCUT2D eigenvalue weighted by atomic mass is 9.81. The molecular weight excluding hydrogens is 450 g/mol. The van der Waals surface area contributed by atoms with Gasteiger partial charge in [-0.05, 0) is 55.8 Å². The first-order valence-electron chi connectivity index (χ1n) is 10.1. The van der Waals surface area contributed by atoms with Crippen LogP contribution in [0.25, 0.3) is 5.76 Å². The Hall–Kier alpha value is -2.79. The summed E-state index contributed by atoms with van der Waals surface area (Å²) >= 11 is 1.20. The number of aromatic nitrogens is 2. The number of sulfonamides is 1. The van der Waals surface area contributed by atoms with E-state index >= 15 is 0 Å². The predicted octanol–water partition coefficient (Wildman–Crippen LogP) is 3.60. The van der Waals surface area contributed by atoms with Gasteiger partial charge in [0.1, 0.15) is 16.8 Å². The van der Waals surface area contributed by atoms with E-state index in [-0.39, 0.29) is 23.0 Å². The average molecular weight is 476 g/mol. The van der Waals surface area contributed by atoms with Crippen LogP contribution in [-0.4, -0.2) is 41.0 Å². The lowest BCUT2D eigenvalue weighted by molar-refractivity contribution is -0.123. The molecule has 0 amide bonds. The van der Waals surface area contributed by atoms with Crippen molar-refractivity contribution in [1.82, 2.24) is 14.3 Å². The third-order valence-electron chi connectivity index (χ3n) is 5.56. The van der Waals surface area contributed by atoms with E-state index < -0.39 is 15.6 Å². The van der Waals surface area contributed by atoms with Crippen molar-refractivity contribution in [3.63, 3.8) is 0 Å². The fraction of sp³-hybridized carbons (Fsp3) is 0.381. The Bertz CT molecular complexity index is 1260. The summed E-state index contributed by atoms with van der Waals surface area (Å²) in [5.74, 6) is 0.279. The topological polar surface area (TPSA) is 126 Å². The number of anilines is 1. The fourth-order valence-corrected chi connectivity index (χ4v) is 5.13. The van der Waals surface area contributed by atoms with Gasteiger partial charge in [-0.15, -0.1) is 0 Å². The number of Topliss-reactive ketones (excluding diaryl/α,β-unsaturated/α-hetero) is 1. The molecule has 2 aliphatic rings. The van der Waals surface area contributed by atoms with Crippen molar-refractivity contribution in [2.24, 2.45) is 10.9 Å². The molecule has 0 bridgehead atoms. The Morgan fingerprint density at radius 1 is 1.34 bits per heavy atom. The maximum Gasteiger partial charge on any atom is 0.229 e. The van der Waals surface area contributed by atoms with Crippen LogP contribution in [0.3, 0.4) is 0 Å². The molecule has 0 saturated carbocycles. The molecule has 0 saturated heterocycles. The number of fused-ring (bicyclic) bond motifs is 2. The Balaban J connectivity index is 1.75. The number of carbonyl (C=O) groups is 1. The van der Waals surface area contributed by atoms with Crippen LogP contribution in [0.2, 0.25) is 0 Å². The van der Waals surface area contributed by atoms with Gasteiger partial charge in [0.05, 0.1) is 29.4 Å². The molecule has 9 nitrogen and oxygen atoms in total. The zero-order valence-electron chi connectivity index (χ0n) is 18.2. The van der Waals surface area contributed by atoms with E-state index in [0.717, 1.165) is 12.7 Å². The molecule has 1 unspecified atom stereocenters. The second kappa shape index (κ2) is 7.96. The highest BCUT2D eigenvalue weighted by atomic mass is 32.2. The largest absolute Gasteiger partial charge is 0.505 e. The van der Waals surface area contributed by atoms with Crippen LogP contribution in [0, 0.1) is 5.92 Å². The summed E-state index contributed by atoms with van der Waals surface area (Å²) in [6, 6.07) is 4.93. The van der Waals surface area contributed by atoms with Crippen LogP contribution < -0.4 is 9.44 Å². The molecule has 1 aromatic carbocycles. The van der Waals surface area contributed by atoms with Gasteiger partial charge in [-0.2, -0.15) is 0 Å². The van der Waals surface area contributed by atoms with E-state index in [2.05, 4.69) is 33.3 Å². The highest BCUT2D eigenvalue weighted by Crippen LogP contribution is 2.41. The molecule has 3 N–H and O–H groups in total. The Labute approximate surface area is 191 Å². The number of aliphatic imine (C=N–C) groups is 1. The summed E-state index contributed by atoms with van der Waals surface area (Å²) in [5.41, 5.74) is 0.689. The number of aliphatic hydroxyl groups is 1. The third-order valence-corrected chi connectivity index (χ3v) is 7.01. The van der Waals surface area contributed by atoms with E-state index in [1.165, 1.54) is 11.9 Å². The minimum absolute atomic E-state index is 0.126. The number of hydrogen-bond acceptors (Lipinski definition) is 8. The van der Waals surface area contributed by atoms with Gasteiger partial charge in [-0.25, -0.2) is 18.4 Å². The number of nitrogens with one attached hydrogen (secondary N) is 2. The second-order valence-corrected chi connectivity index (χ2v) is 11.2. The van der Waals surface area contributed by atoms with Gasteiger partial charge < -0.3 is 14.4 Å². The van der Waals surface area contributed by atoms with Gasteiger partial charge in [0, 0.05) is 5.69 Å². The highest BCUT2D eigenvalue weighted by molar-refractivity contribution is 7.98. The van der Waals surface area contributed by atoms with Gasteiger partial charge >= 0.3 is 0 Å². The third kappa shape index (κ3) is 4.02. The number of aliphatic hydroxyl groups excluding tert-OH is 1. The van der Waals surface area contributed by atoms with E-state index in [1.54, 1.807) is 35.3 Å². The average Bonchev–Trinajstić information content (AvgIpc) is 3.21. The number of amidine groups is 1. The van der Waals surface area contributed by atoms with Gasteiger partial charge in [-0.3, -0.25) is 9.52 Å². The molecule has 1 atom stereocenters. The number of nitrogens with zero attached hydrogens (tertiary/aromatic N) is 3. The standard InChI is InChI=1S/C21H25N5O4S2/c1-12(2)7-8-21(3)19(28)17(18(27)15-10-22-11-26(15)21)20-23-14-6-5-13(25-32(4,29)30)9-16(14)31-24-20/h5-6,9-12,25,27H,7-8H2,1-4H3,(H,23,24). The van der Waals surface area contributed by atoms with Crippen molar-refractivity contribution in [2.45, 2.75) is 44.0 Å². The van der Waals surface area contributed by atoms with E-state index in [4.69, 9.17) is 0 Å². The molecule has 11 heteroatoms. The minimum Gasteiger partial charge on any atom is -0.505 e. The summed E-state index contributed by atoms with van der Waals surface area (Å²) in [6.07, 6.45) is 5.64. The molecule has 2 aliphatic heterocycles. The maximum atomic E-state index is 13.7. The number of rotatable bonds is 6. The van der Waals surface area contributed by atoms with Crippen molar-refractivity contribution in [1.29, 1.82) is 0 Å². The lowest BCUT2D eigenvalue weighted by Gasteiger charge is -2.36. The first kappa shape index (κ1) is 22.4. The normalized spacial score (nSPS) is 20.5. The van der Waals surface area contributed by atoms with E-state index in [1.807, 2.05) is 6.92 Å². The Morgan fingerprint density at radius 3 is 2.78 bits per heavy atom. The Morgan fingerprint density at radius 2 is 2.09 bits per heavy atom. The smallest absolute Gasteiger partial charge is 0.229 e. The van der Waals surface area contributed by atoms with Gasteiger partial charge in [0.25, 0.3) is 0 Å². The van der Waals surface area contributed by atoms with E-state index in [9.17, 15) is 18.3 Å². The molecule has 1 aromatic heterocycles. The van der Waals surface area contributed by atoms with Crippen LogP contribution >= 0.6 is 11.9 Å². The molecule has 0 aliphatic carbocycles. The van der Waals surface area contributed by atoms with Crippen molar-refractivity contribution in [3.8, 4) is 0 Å². The zero-order valence-corrected chi connectivity index (χ0v) is 19.8. The Kier molecular flexibility index (Phi) is 5.58. The lowest BCUT2D eigenvalue weighted by Crippen LogP contribution is -2.46. The molecule has 170 valence electrons. The molecule has 0 fully saturated rings. The predicted molar refractivity (Wildman–Crippen MR) is 125 cm³/mol. The van der Waals surface area contributed by atoms with Crippen molar-refractivity contribution in [3.05, 3.63) is 42.0 Å². The van der Waals surface area contributed by atoms with Crippen LogP contribution in [-0.2, 0) is 20.4 Å². The monoisotopic (exact) mass is 475 g/mol. The number of carbonyl (C=O) groups excluding carboxylic acids is 1. The van der Waals surface area contributed by atoms with Crippen molar-refractivity contribution in [2.75, 3.05) is 11.0 Å². The number of ketones is 1. The molecule has 32 heavy (non-hydrogen) atoms. The van der Waals surface area contributed by atoms with Gasteiger partial charge in [0.2, 0.25) is 10.0 Å². The molecule has 3 heterocycles. The summed E-state index contributed by atoms with van der Waals surface area (Å²) < 4.78 is 30.2. The second-order valence-electron chi connectivity index (χ2n) is 8.63. The van der Waals surface area contributed by atoms with E-state index in [0.29, 0.717) is 34.3 Å². The first-order valence-corrected chi connectivity index (χ1v) is 12.9.